The van der Waals surface area contributed by atoms with Crippen molar-refractivity contribution in [3.8, 4) is 5.75 Å². The van der Waals surface area contributed by atoms with Crippen molar-refractivity contribution in [3.63, 3.8) is 0 Å². The number of ether oxygens (including phenoxy) is 1. The predicted octanol–water partition coefficient (Wildman–Crippen LogP) is 4.91. The van der Waals surface area contributed by atoms with Crippen LogP contribution >= 0.6 is 0 Å². The zero-order valence-corrected chi connectivity index (χ0v) is 19.4. The van der Waals surface area contributed by atoms with Gasteiger partial charge >= 0.3 is 0 Å². The van der Waals surface area contributed by atoms with Crippen molar-refractivity contribution in [2.24, 2.45) is 5.41 Å². The molecule has 5 rings (SSSR count). The van der Waals surface area contributed by atoms with Gasteiger partial charge in [-0.1, -0.05) is 42.0 Å². The standard InChI is InChI=1S/C28H28FN3O2/c1-18(32-27(33)22-11-25(34-2)15-30-14-22)19-3-5-20(6-4-19)26(21-7-9-24(29)10-8-21)23-12-28(13-23)16-31-17-28/h3-11,14-15,18,31H,12-13,16-17H2,1-2H3,(H,32,33)/t18-/m1/s1. The van der Waals surface area contributed by atoms with Gasteiger partial charge in [-0.3, -0.25) is 9.78 Å². The fraction of sp³-hybridized carbons (Fsp3) is 0.286. The molecule has 1 saturated carbocycles. The maximum Gasteiger partial charge on any atom is 0.253 e. The normalized spacial score (nSPS) is 16.9. The molecule has 5 nitrogen and oxygen atoms in total. The Labute approximate surface area is 199 Å². The number of halogens is 1. The molecule has 0 unspecified atom stereocenters. The minimum absolute atomic E-state index is 0.178. The average molecular weight is 458 g/mol. The number of pyridine rings is 1. The lowest BCUT2D eigenvalue weighted by atomic mass is 9.60. The molecule has 1 aromatic heterocycles. The van der Waals surface area contributed by atoms with Crippen LogP contribution in [-0.4, -0.2) is 31.1 Å². The van der Waals surface area contributed by atoms with Crippen LogP contribution in [0.5, 0.6) is 5.75 Å². The average Bonchev–Trinajstić information content (AvgIpc) is 2.81. The fourth-order valence-electron chi connectivity index (χ4n) is 4.91. The van der Waals surface area contributed by atoms with Crippen LogP contribution in [-0.2, 0) is 0 Å². The van der Waals surface area contributed by atoms with E-state index >= 15 is 0 Å². The molecule has 0 bridgehead atoms. The molecule has 0 radical (unpaired) electrons. The molecule has 6 heteroatoms. The molecule has 2 heterocycles. The summed E-state index contributed by atoms with van der Waals surface area (Å²) in [4.78, 5) is 16.7. The summed E-state index contributed by atoms with van der Waals surface area (Å²) in [5.41, 5.74) is 6.64. The van der Waals surface area contributed by atoms with Gasteiger partial charge in [-0.05, 0) is 60.2 Å². The molecule has 174 valence electrons. The second kappa shape index (κ2) is 9.03. The van der Waals surface area contributed by atoms with Crippen molar-refractivity contribution in [3.05, 3.63) is 101 Å². The molecular formula is C28H28FN3O2. The van der Waals surface area contributed by atoms with Crippen LogP contribution in [0.1, 0.15) is 52.9 Å². The number of carbonyl (C=O) groups excluding carboxylic acids is 1. The lowest BCUT2D eigenvalue weighted by Gasteiger charge is -2.52. The largest absolute Gasteiger partial charge is 0.495 e. The predicted molar refractivity (Wildman–Crippen MR) is 130 cm³/mol. The van der Waals surface area contributed by atoms with Crippen LogP contribution in [0, 0.1) is 11.2 Å². The van der Waals surface area contributed by atoms with Gasteiger partial charge in [0, 0.05) is 24.7 Å². The van der Waals surface area contributed by atoms with Crippen LogP contribution < -0.4 is 15.4 Å². The van der Waals surface area contributed by atoms with E-state index in [2.05, 4.69) is 27.8 Å². The highest BCUT2D eigenvalue weighted by molar-refractivity contribution is 5.94. The summed E-state index contributed by atoms with van der Waals surface area (Å²) >= 11 is 0. The van der Waals surface area contributed by atoms with Crippen molar-refractivity contribution >= 4 is 11.5 Å². The molecule has 2 aliphatic rings. The summed E-state index contributed by atoms with van der Waals surface area (Å²) < 4.78 is 18.7. The van der Waals surface area contributed by atoms with E-state index in [0.29, 0.717) is 16.7 Å². The van der Waals surface area contributed by atoms with Gasteiger partial charge in [0.25, 0.3) is 5.91 Å². The number of nitrogens with one attached hydrogen (secondary N) is 2. The molecule has 1 aliphatic carbocycles. The number of carbonyl (C=O) groups is 1. The van der Waals surface area contributed by atoms with Gasteiger partial charge in [-0.15, -0.1) is 0 Å². The second-order valence-corrected chi connectivity index (χ2v) is 9.37. The Morgan fingerprint density at radius 1 is 1.03 bits per heavy atom. The Bertz CT molecular complexity index is 1220. The number of methoxy groups -OCH3 is 1. The zero-order valence-electron chi connectivity index (χ0n) is 19.4. The summed E-state index contributed by atoms with van der Waals surface area (Å²) in [5, 5.41) is 6.41. The van der Waals surface area contributed by atoms with Crippen LogP contribution in [0.2, 0.25) is 0 Å². The van der Waals surface area contributed by atoms with E-state index in [1.54, 1.807) is 19.4 Å². The molecule has 1 aliphatic heterocycles. The van der Waals surface area contributed by atoms with Gasteiger partial charge in [0.1, 0.15) is 11.6 Å². The quantitative estimate of drug-likeness (QED) is 0.552. The topological polar surface area (TPSA) is 63.2 Å². The van der Waals surface area contributed by atoms with E-state index in [1.807, 2.05) is 31.2 Å². The molecule has 1 saturated heterocycles. The highest BCUT2D eigenvalue weighted by Crippen LogP contribution is 2.51. The summed E-state index contributed by atoms with van der Waals surface area (Å²) in [6.45, 7) is 4.11. The van der Waals surface area contributed by atoms with Crippen LogP contribution in [0.25, 0.3) is 5.57 Å². The molecule has 1 atom stereocenters. The first-order chi connectivity index (χ1) is 16.5. The Morgan fingerprint density at radius 2 is 1.68 bits per heavy atom. The number of hydrogen-bond acceptors (Lipinski definition) is 4. The van der Waals surface area contributed by atoms with Crippen molar-refractivity contribution in [1.29, 1.82) is 0 Å². The fourth-order valence-corrected chi connectivity index (χ4v) is 4.91. The van der Waals surface area contributed by atoms with E-state index in [1.165, 1.54) is 29.5 Å². The number of amides is 1. The SMILES string of the molecule is COc1cncc(C(=O)N[C@H](C)c2ccc(C(=C3CC4(CNC4)C3)c3ccc(F)cc3)cc2)c1. The lowest BCUT2D eigenvalue weighted by molar-refractivity contribution is 0.0939. The third-order valence-electron chi connectivity index (χ3n) is 6.92. The Hall–Kier alpha value is -3.51. The number of nitrogens with zero attached hydrogens (tertiary/aromatic N) is 1. The van der Waals surface area contributed by atoms with E-state index in [0.717, 1.165) is 42.6 Å². The van der Waals surface area contributed by atoms with Gasteiger partial charge in [-0.25, -0.2) is 4.39 Å². The Morgan fingerprint density at radius 3 is 2.26 bits per heavy atom. The molecule has 2 aromatic carbocycles. The van der Waals surface area contributed by atoms with E-state index < -0.39 is 0 Å². The molecular weight excluding hydrogens is 429 g/mol. The highest BCUT2D eigenvalue weighted by Gasteiger charge is 2.46. The van der Waals surface area contributed by atoms with Crippen LogP contribution in [0.15, 0.2) is 72.6 Å². The van der Waals surface area contributed by atoms with Gasteiger partial charge in [0.2, 0.25) is 0 Å². The molecule has 2 N–H and O–H groups in total. The van der Waals surface area contributed by atoms with Crippen molar-refractivity contribution in [2.45, 2.75) is 25.8 Å². The van der Waals surface area contributed by atoms with Gasteiger partial charge in [0.05, 0.1) is 24.9 Å². The summed E-state index contributed by atoms with van der Waals surface area (Å²) in [6.07, 6.45) is 5.25. The van der Waals surface area contributed by atoms with E-state index in [9.17, 15) is 9.18 Å². The third-order valence-corrected chi connectivity index (χ3v) is 6.92. The maximum atomic E-state index is 13.6. The number of hydrogen-bond donors (Lipinski definition) is 2. The summed E-state index contributed by atoms with van der Waals surface area (Å²) in [7, 11) is 1.55. The monoisotopic (exact) mass is 457 g/mol. The summed E-state index contributed by atoms with van der Waals surface area (Å²) in [5.74, 6) is 0.111. The number of rotatable bonds is 6. The van der Waals surface area contributed by atoms with E-state index in [-0.39, 0.29) is 17.8 Å². The molecule has 34 heavy (non-hydrogen) atoms. The molecule has 3 aromatic rings. The number of aromatic nitrogens is 1. The maximum absolute atomic E-state index is 13.6. The van der Waals surface area contributed by atoms with Crippen molar-refractivity contribution in [2.75, 3.05) is 20.2 Å². The molecule has 1 amide bonds. The van der Waals surface area contributed by atoms with E-state index in [4.69, 9.17) is 4.74 Å². The number of benzene rings is 2. The zero-order chi connectivity index (χ0) is 23.7. The minimum Gasteiger partial charge on any atom is -0.495 e. The van der Waals surface area contributed by atoms with Gasteiger partial charge in [-0.2, -0.15) is 0 Å². The second-order valence-electron chi connectivity index (χ2n) is 9.37. The highest BCUT2D eigenvalue weighted by atomic mass is 19.1. The van der Waals surface area contributed by atoms with Gasteiger partial charge < -0.3 is 15.4 Å². The van der Waals surface area contributed by atoms with Gasteiger partial charge in [0.15, 0.2) is 0 Å². The first-order valence-electron chi connectivity index (χ1n) is 11.6. The first kappa shape index (κ1) is 22.3. The minimum atomic E-state index is -0.229. The van der Waals surface area contributed by atoms with Crippen LogP contribution in [0.4, 0.5) is 4.39 Å². The smallest absolute Gasteiger partial charge is 0.253 e. The summed E-state index contributed by atoms with van der Waals surface area (Å²) in [6, 6.07) is 16.6. The third kappa shape index (κ3) is 4.33. The van der Waals surface area contributed by atoms with Crippen molar-refractivity contribution < 1.29 is 13.9 Å². The number of allylic oxidation sites excluding steroid dienone is 1. The first-order valence-corrected chi connectivity index (χ1v) is 11.6. The van der Waals surface area contributed by atoms with Crippen LogP contribution in [0.3, 0.4) is 0 Å². The Kier molecular flexibility index (Phi) is 5.92. The van der Waals surface area contributed by atoms with Crippen molar-refractivity contribution in [1.82, 2.24) is 15.6 Å². The lowest BCUT2D eigenvalue weighted by Crippen LogP contribution is -2.58. The molecule has 2 fully saturated rings. The molecule has 1 spiro atoms. The Balaban J connectivity index is 1.36.